The fourth-order valence-corrected chi connectivity index (χ4v) is 1.73. The summed E-state index contributed by atoms with van der Waals surface area (Å²) in [6.07, 6.45) is -1.07. The second-order valence-electron chi connectivity index (χ2n) is 3.98. The molecule has 0 aliphatic rings. The third kappa shape index (κ3) is 3.09. The fraction of sp³-hybridized carbons (Fsp3) is 0.154. The van der Waals surface area contributed by atoms with Gasteiger partial charge in [0.1, 0.15) is 5.69 Å². The standard InChI is InChI=1S/C13H13F2N3O/c14-12(15)8-18-7-3-6-11(18)13(19)17-10-5-2-1-4-9(10)16/h1-7,12H,8,16H2,(H,17,19). The number of hydrogen-bond acceptors (Lipinski definition) is 2. The molecule has 1 heterocycles. The molecule has 6 heteroatoms. The van der Waals surface area contributed by atoms with Crippen LogP contribution in [0.4, 0.5) is 20.2 Å². The number of para-hydroxylation sites is 2. The molecule has 0 fully saturated rings. The molecule has 19 heavy (non-hydrogen) atoms. The molecule has 2 aromatic rings. The Hall–Kier alpha value is -2.37. The normalized spacial score (nSPS) is 10.7. The lowest BCUT2D eigenvalue weighted by molar-refractivity contribution is 0.0998. The minimum Gasteiger partial charge on any atom is -0.397 e. The molecule has 0 spiro atoms. The van der Waals surface area contributed by atoms with Crippen LogP contribution in [0, 0.1) is 0 Å². The predicted molar refractivity (Wildman–Crippen MR) is 69.2 cm³/mol. The summed E-state index contributed by atoms with van der Waals surface area (Å²) < 4.78 is 25.9. The van der Waals surface area contributed by atoms with Crippen LogP contribution in [-0.4, -0.2) is 16.9 Å². The van der Waals surface area contributed by atoms with Crippen molar-refractivity contribution in [3.8, 4) is 0 Å². The van der Waals surface area contributed by atoms with Crippen molar-refractivity contribution in [2.24, 2.45) is 0 Å². The number of amides is 1. The lowest BCUT2D eigenvalue weighted by Gasteiger charge is -2.10. The van der Waals surface area contributed by atoms with Gasteiger partial charge in [0.25, 0.3) is 12.3 Å². The first-order valence-electron chi connectivity index (χ1n) is 5.67. The number of carbonyl (C=O) groups is 1. The molecule has 1 aromatic carbocycles. The molecule has 100 valence electrons. The summed E-state index contributed by atoms with van der Waals surface area (Å²) in [5, 5.41) is 2.60. The van der Waals surface area contributed by atoms with E-state index in [4.69, 9.17) is 5.73 Å². The smallest absolute Gasteiger partial charge is 0.272 e. The van der Waals surface area contributed by atoms with E-state index in [1.807, 2.05) is 0 Å². The summed E-state index contributed by atoms with van der Waals surface area (Å²) in [6, 6.07) is 9.79. The van der Waals surface area contributed by atoms with Gasteiger partial charge in [-0.15, -0.1) is 0 Å². The molecular weight excluding hydrogens is 252 g/mol. The molecule has 2 rings (SSSR count). The second kappa shape index (κ2) is 5.51. The van der Waals surface area contributed by atoms with Gasteiger partial charge in [0.05, 0.1) is 17.9 Å². The Kier molecular flexibility index (Phi) is 3.79. The maximum Gasteiger partial charge on any atom is 0.272 e. The van der Waals surface area contributed by atoms with E-state index in [1.165, 1.54) is 16.8 Å². The quantitative estimate of drug-likeness (QED) is 0.835. The minimum absolute atomic E-state index is 0.170. The highest BCUT2D eigenvalue weighted by molar-refractivity contribution is 6.04. The van der Waals surface area contributed by atoms with Crippen molar-refractivity contribution in [2.75, 3.05) is 11.1 Å². The van der Waals surface area contributed by atoms with Crippen molar-refractivity contribution < 1.29 is 13.6 Å². The van der Waals surface area contributed by atoms with Crippen LogP contribution in [0.1, 0.15) is 10.5 Å². The topological polar surface area (TPSA) is 60.0 Å². The number of alkyl halides is 2. The van der Waals surface area contributed by atoms with Crippen LogP contribution in [0.15, 0.2) is 42.6 Å². The summed E-state index contributed by atoms with van der Waals surface area (Å²) in [6.45, 7) is -0.514. The van der Waals surface area contributed by atoms with Crippen LogP contribution >= 0.6 is 0 Å². The maximum absolute atomic E-state index is 12.4. The monoisotopic (exact) mass is 265 g/mol. The largest absolute Gasteiger partial charge is 0.397 e. The van der Waals surface area contributed by atoms with E-state index in [0.29, 0.717) is 11.4 Å². The number of nitrogens with two attached hydrogens (primary N) is 1. The Morgan fingerprint density at radius 3 is 2.68 bits per heavy atom. The third-order valence-electron chi connectivity index (χ3n) is 2.61. The summed E-state index contributed by atoms with van der Waals surface area (Å²) in [5.74, 6) is -0.469. The lowest BCUT2D eigenvalue weighted by atomic mass is 10.2. The number of hydrogen-bond donors (Lipinski definition) is 2. The zero-order valence-corrected chi connectivity index (χ0v) is 10.0. The van der Waals surface area contributed by atoms with Gasteiger partial charge < -0.3 is 15.6 Å². The first kappa shape index (κ1) is 13.1. The van der Waals surface area contributed by atoms with E-state index in [2.05, 4.69) is 5.32 Å². The Labute approximate surface area is 108 Å². The number of nitrogens with one attached hydrogen (secondary N) is 1. The molecule has 0 bridgehead atoms. The highest BCUT2D eigenvalue weighted by Crippen LogP contribution is 2.18. The van der Waals surface area contributed by atoms with Crippen molar-refractivity contribution in [3.05, 3.63) is 48.3 Å². The predicted octanol–water partition coefficient (Wildman–Crippen LogP) is 2.59. The summed E-state index contributed by atoms with van der Waals surface area (Å²) in [4.78, 5) is 12.0. The number of benzene rings is 1. The van der Waals surface area contributed by atoms with Gasteiger partial charge in [0.15, 0.2) is 0 Å². The molecule has 0 radical (unpaired) electrons. The van der Waals surface area contributed by atoms with Gasteiger partial charge in [0.2, 0.25) is 0 Å². The van der Waals surface area contributed by atoms with Crippen LogP contribution in [0.2, 0.25) is 0 Å². The van der Waals surface area contributed by atoms with Crippen molar-refractivity contribution in [2.45, 2.75) is 13.0 Å². The molecule has 1 aromatic heterocycles. The van der Waals surface area contributed by atoms with E-state index < -0.39 is 18.9 Å². The fourth-order valence-electron chi connectivity index (χ4n) is 1.73. The third-order valence-corrected chi connectivity index (χ3v) is 2.61. The second-order valence-corrected chi connectivity index (χ2v) is 3.98. The number of rotatable bonds is 4. The van der Waals surface area contributed by atoms with E-state index in [1.54, 1.807) is 30.3 Å². The zero-order valence-electron chi connectivity index (χ0n) is 10.0. The van der Waals surface area contributed by atoms with E-state index in [0.717, 1.165) is 0 Å². The van der Waals surface area contributed by atoms with Crippen molar-refractivity contribution in [1.82, 2.24) is 4.57 Å². The van der Waals surface area contributed by atoms with E-state index in [-0.39, 0.29) is 5.69 Å². The molecule has 4 nitrogen and oxygen atoms in total. The van der Waals surface area contributed by atoms with Gasteiger partial charge in [-0.05, 0) is 24.3 Å². The van der Waals surface area contributed by atoms with Crippen LogP contribution in [0.5, 0.6) is 0 Å². The van der Waals surface area contributed by atoms with Gasteiger partial charge in [-0.1, -0.05) is 12.1 Å². The van der Waals surface area contributed by atoms with Gasteiger partial charge in [-0.3, -0.25) is 4.79 Å². The SMILES string of the molecule is Nc1ccccc1NC(=O)c1cccn1CC(F)F. The summed E-state index contributed by atoms with van der Waals surface area (Å²) in [5.41, 5.74) is 6.74. The van der Waals surface area contributed by atoms with Crippen LogP contribution in [0.25, 0.3) is 0 Å². The van der Waals surface area contributed by atoms with Gasteiger partial charge in [-0.2, -0.15) is 0 Å². The Morgan fingerprint density at radius 2 is 2.00 bits per heavy atom. The van der Waals surface area contributed by atoms with Crippen molar-refractivity contribution in [3.63, 3.8) is 0 Å². The van der Waals surface area contributed by atoms with Gasteiger partial charge in [0, 0.05) is 6.20 Å². The first-order valence-corrected chi connectivity index (χ1v) is 5.67. The molecule has 3 N–H and O–H groups in total. The average molecular weight is 265 g/mol. The van der Waals surface area contributed by atoms with Crippen LogP contribution in [-0.2, 0) is 6.54 Å². The maximum atomic E-state index is 12.4. The van der Waals surface area contributed by atoms with Crippen molar-refractivity contribution >= 4 is 17.3 Å². The number of anilines is 2. The minimum atomic E-state index is -2.51. The molecule has 0 unspecified atom stereocenters. The molecule has 0 aliphatic carbocycles. The Bertz CT molecular complexity index is 581. The van der Waals surface area contributed by atoms with Crippen molar-refractivity contribution in [1.29, 1.82) is 0 Å². The molecular formula is C13H13F2N3O. The average Bonchev–Trinajstić information content (AvgIpc) is 2.79. The zero-order chi connectivity index (χ0) is 13.8. The number of carbonyl (C=O) groups excluding carboxylic acids is 1. The molecule has 0 saturated heterocycles. The Morgan fingerprint density at radius 1 is 1.26 bits per heavy atom. The van der Waals surface area contributed by atoms with E-state index >= 15 is 0 Å². The van der Waals surface area contributed by atoms with Crippen LogP contribution < -0.4 is 11.1 Å². The first-order chi connectivity index (χ1) is 9.08. The molecule has 0 saturated carbocycles. The number of halogens is 2. The summed E-state index contributed by atoms with van der Waals surface area (Å²) in [7, 11) is 0. The highest BCUT2D eigenvalue weighted by atomic mass is 19.3. The molecule has 0 aliphatic heterocycles. The van der Waals surface area contributed by atoms with Gasteiger partial charge in [-0.25, -0.2) is 8.78 Å². The Balaban J connectivity index is 2.17. The van der Waals surface area contributed by atoms with E-state index in [9.17, 15) is 13.6 Å². The molecule has 0 atom stereocenters. The highest BCUT2D eigenvalue weighted by Gasteiger charge is 2.14. The van der Waals surface area contributed by atoms with Crippen LogP contribution in [0.3, 0.4) is 0 Å². The lowest BCUT2D eigenvalue weighted by Crippen LogP contribution is -2.19. The number of aromatic nitrogens is 1. The molecule has 1 amide bonds. The number of nitrogens with zero attached hydrogens (tertiary/aromatic N) is 1. The summed E-state index contributed by atoms with van der Waals surface area (Å²) >= 11 is 0. The van der Waals surface area contributed by atoms with Gasteiger partial charge >= 0.3 is 0 Å². The number of nitrogen functional groups attached to an aromatic ring is 1.